The molecule has 0 aromatic carbocycles. The molecule has 1 aliphatic carbocycles. The van der Waals surface area contributed by atoms with Crippen LogP contribution >= 0.6 is 0 Å². The Hall–Kier alpha value is -1.85. The Morgan fingerprint density at radius 2 is 2.11 bits per heavy atom. The van der Waals surface area contributed by atoms with Crippen LogP contribution in [0.5, 0.6) is 0 Å². The Kier molecular flexibility index (Phi) is 4.19. The third kappa shape index (κ3) is 3.56. The highest BCUT2D eigenvalue weighted by atomic mass is 16.6. The molecule has 0 amide bonds. The number of hydrogen-bond donors (Lipinski definition) is 2. The Labute approximate surface area is 112 Å². The molecule has 0 saturated heterocycles. The van der Waals surface area contributed by atoms with Gasteiger partial charge in [0, 0.05) is 6.04 Å². The first-order chi connectivity index (χ1) is 9.08. The standard InChI is InChI=1S/C13H20N4O2/c1-2-9-3-5-10(6-4-9)15-13-8-11(17(18)19)7-12(14)16-13/h7-10H,2-6H2,1H3,(H3,14,15,16). The summed E-state index contributed by atoms with van der Waals surface area (Å²) in [6.07, 6.45) is 5.82. The van der Waals surface area contributed by atoms with E-state index < -0.39 is 4.92 Å². The van der Waals surface area contributed by atoms with Crippen LogP contribution in [0.2, 0.25) is 0 Å². The van der Waals surface area contributed by atoms with Crippen molar-refractivity contribution in [3.63, 3.8) is 0 Å². The molecular formula is C13H20N4O2. The van der Waals surface area contributed by atoms with E-state index in [4.69, 9.17) is 5.73 Å². The Bertz CT molecular complexity index is 456. The van der Waals surface area contributed by atoms with Crippen molar-refractivity contribution in [3.8, 4) is 0 Å². The van der Waals surface area contributed by atoms with Crippen LogP contribution in [0.4, 0.5) is 17.3 Å². The molecule has 1 fully saturated rings. The largest absolute Gasteiger partial charge is 0.383 e. The second-order valence-corrected chi connectivity index (χ2v) is 5.16. The molecule has 1 aromatic rings. The van der Waals surface area contributed by atoms with Crippen LogP contribution in [0.15, 0.2) is 12.1 Å². The minimum atomic E-state index is -0.447. The lowest BCUT2D eigenvalue weighted by molar-refractivity contribution is -0.384. The molecule has 0 radical (unpaired) electrons. The molecular weight excluding hydrogens is 244 g/mol. The molecule has 0 aliphatic heterocycles. The molecule has 104 valence electrons. The van der Waals surface area contributed by atoms with Crippen LogP contribution < -0.4 is 11.1 Å². The molecule has 1 aromatic heterocycles. The highest BCUT2D eigenvalue weighted by Gasteiger charge is 2.20. The molecule has 6 heteroatoms. The number of anilines is 2. The summed E-state index contributed by atoms with van der Waals surface area (Å²) in [7, 11) is 0. The molecule has 1 aliphatic rings. The molecule has 0 unspecified atom stereocenters. The van der Waals surface area contributed by atoms with Gasteiger partial charge in [-0.3, -0.25) is 10.1 Å². The normalized spacial score (nSPS) is 23.0. The molecule has 0 bridgehead atoms. The zero-order valence-corrected chi connectivity index (χ0v) is 11.1. The molecule has 0 spiro atoms. The third-order valence-corrected chi connectivity index (χ3v) is 3.82. The maximum atomic E-state index is 10.8. The number of nitrogens with one attached hydrogen (secondary N) is 1. The van der Waals surface area contributed by atoms with Crippen molar-refractivity contribution in [2.75, 3.05) is 11.1 Å². The van der Waals surface area contributed by atoms with Crippen molar-refractivity contribution in [1.29, 1.82) is 0 Å². The van der Waals surface area contributed by atoms with Crippen LogP contribution in [0.25, 0.3) is 0 Å². The van der Waals surface area contributed by atoms with Crippen molar-refractivity contribution in [1.82, 2.24) is 4.98 Å². The molecule has 6 nitrogen and oxygen atoms in total. The van der Waals surface area contributed by atoms with E-state index in [2.05, 4.69) is 17.2 Å². The summed E-state index contributed by atoms with van der Waals surface area (Å²) in [5.74, 6) is 1.51. The lowest BCUT2D eigenvalue weighted by atomic mass is 9.84. The van der Waals surface area contributed by atoms with Gasteiger partial charge in [0.05, 0.1) is 17.1 Å². The van der Waals surface area contributed by atoms with Crippen LogP contribution in [0, 0.1) is 16.0 Å². The minimum absolute atomic E-state index is 0.0164. The first-order valence-corrected chi connectivity index (χ1v) is 6.77. The van der Waals surface area contributed by atoms with Crippen LogP contribution in [-0.2, 0) is 0 Å². The topological polar surface area (TPSA) is 94.1 Å². The Balaban J connectivity index is 2.01. The van der Waals surface area contributed by atoms with Gasteiger partial charge in [0.25, 0.3) is 5.69 Å². The number of nitrogen functional groups attached to an aromatic ring is 1. The molecule has 1 saturated carbocycles. The zero-order chi connectivity index (χ0) is 13.8. The summed E-state index contributed by atoms with van der Waals surface area (Å²) in [4.78, 5) is 14.4. The van der Waals surface area contributed by atoms with Crippen LogP contribution in [0.3, 0.4) is 0 Å². The highest BCUT2D eigenvalue weighted by Crippen LogP contribution is 2.29. The average Bonchev–Trinajstić information content (AvgIpc) is 2.39. The maximum absolute atomic E-state index is 10.8. The molecule has 0 atom stereocenters. The van der Waals surface area contributed by atoms with E-state index in [-0.39, 0.29) is 11.5 Å². The van der Waals surface area contributed by atoms with Gasteiger partial charge in [-0.25, -0.2) is 4.98 Å². The van der Waals surface area contributed by atoms with Crippen molar-refractivity contribution in [2.24, 2.45) is 5.92 Å². The number of pyridine rings is 1. The second kappa shape index (κ2) is 5.86. The summed E-state index contributed by atoms with van der Waals surface area (Å²) in [6.45, 7) is 2.22. The van der Waals surface area contributed by atoms with Crippen molar-refractivity contribution >= 4 is 17.3 Å². The SMILES string of the molecule is CCC1CCC(Nc2cc([N+](=O)[O-])cc(N)n2)CC1. The highest BCUT2D eigenvalue weighted by molar-refractivity contribution is 5.53. The van der Waals surface area contributed by atoms with Gasteiger partial charge < -0.3 is 11.1 Å². The first-order valence-electron chi connectivity index (χ1n) is 6.77. The van der Waals surface area contributed by atoms with Crippen LogP contribution in [-0.4, -0.2) is 15.9 Å². The number of hydrogen-bond acceptors (Lipinski definition) is 5. The molecule has 1 heterocycles. The van der Waals surface area contributed by atoms with Crippen LogP contribution in [0.1, 0.15) is 39.0 Å². The predicted molar refractivity (Wildman–Crippen MR) is 75.0 cm³/mol. The lowest BCUT2D eigenvalue weighted by Gasteiger charge is -2.28. The van der Waals surface area contributed by atoms with Gasteiger partial charge in [0.15, 0.2) is 0 Å². The third-order valence-electron chi connectivity index (χ3n) is 3.82. The van der Waals surface area contributed by atoms with Crippen molar-refractivity contribution in [3.05, 3.63) is 22.2 Å². The van der Waals surface area contributed by atoms with E-state index in [0.717, 1.165) is 18.8 Å². The minimum Gasteiger partial charge on any atom is -0.383 e. The second-order valence-electron chi connectivity index (χ2n) is 5.16. The summed E-state index contributed by atoms with van der Waals surface area (Å²) in [6, 6.07) is 3.07. The van der Waals surface area contributed by atoms with E-state index >= 15 is 0 Å². The Morgan fingerprint density at radius 1 is 1.42 bits per heavy atom. The van der Waals surface area contributed by atoms with Gasteiger partial charge in [0.1, 0.15) is 11.6 Å². The van der Waals surface area contributed by atoms with Gasteiger partial charge in [-0.2, -0.15) is 0 Å². The fourth-order valence-corrected chi connectivity index (χ4v) is 2.64. The number of nitrogens with zero attached hydrogens (tertiary/aromatic N) is 2. The average molecular weight is 264 g/mol. The Morgan fingerprint density at radius 3 is 2.68 bits per heavy atom. The van der Waals surface area contributed by atoms with Crippen molar-refractivity contribution in [2.45, 2.75) is 45.1 Å². The van der Waals surface area contributed by atoms with Crippen molar-refractivity contribution < 1.29 is 4.92 Å². The smallest absolute Gasteiger partial charge is 0.276 e. The lowest BCUT2D eigenvalue weighted by Crippen LogP contribution is -2.26. The fraction of sp³-hybridized carbons (Fsp3) is 0.615. The molecule has 3 N–H and O–H groups in total. The summed E-state index contributed by atoms with van der Waals surface area (Å²) in [5.41, 5.74) is 5.57. The monoisotopic (exact) mass is 264 g/mol. The van der Waals surface area contributed by atoms with E-state index in [1.165, 1.54) is 31.4 Å². The number of nitrogens with two attached hydrogens (primary N) is 1. The first kappa shape index (κ1) is 13.6. The predicted octanol–water partition coefficient (Wildman–Crippen LogP) is 2.95. The zero-order valence-electron chi connectivity index (χ0n) is 11.1. The van der Waals surface area contributed by atoms with Gasteiger partial charge in [-0.05, 0) is 31.6 Å². The molecule has 19 heavy (non-hydrogen) atoms. The fourth-order valence-electron chi connectivity index (χ4n) is 2.64. The van der Waals surface area contributed by atoms with Gasteiger partial charge in [0.2, 0.25) is 0 Å². The van der Waals surface area contributed by atoms with Gasteiger partial charge >= 0.3 is 0 Å². The summed E-state index contributed by atoms with van der Waals surface area (Å²) < 4.78 is 0. The summed E-state index contributed by atoms with van der Waals surface area (Å²) >= 11 is 0. The molecule has 2 rings (SSSR count). The van der Waals surface area contributed by atoms with E-state index in [1.54, 1.807) is 0 Å². The quantitative estimate of drug-likeness (QED) is 0.644. The number of rotatable bonds is 4. The number of aromatic nitrogens is 1. The van der Waals surface area contributed by atoms with Gasteiger partial charge in [-0.1, -0.05) is 13.3 Å². The van der Waals surface area contributed by atoms with E-state index in [1.807, 2.05) is 0 Å². The summed E-state index contributed by atoms with van der Waals surface area (Å²) in [5, 5.41) is 14.0. The maximum Gasteiger partial charge on any atom is 0.276 e. The van der Waals surface area contributed by atoms with E-state index in [9.17, 15) is 10.1 Å². The van der Waals surface area contributed by atoms with E-state index in [0.29, 0.717) is 11.9 Å². The number of nitro groups is 1. The van der Waals surface area contributed by atoms with Gasteiger partial charge in [-0.15, -0.1) is 0 Å².